The van der Waals surface area contributed by atoms with Crippen molar-refractivity contribution < 1.29 is 27.1 Å². The SMILES string of the molecule is CC(C)(C)CS(=O)(=O)Nc1cc(C(=O)O)c(F)cc1F. The van der Waals surface area contributed by atoms with Gasteiger partial charge in [0.05, 0.1) is 17.0 Å². The Bertz CT molecular complexity index is 636. The molecule has 0 fully saturated rings. The first kappa shape index (κ1) is 16.4. The molecule has 0 amide bonds. The van der Waals surface area contributed by atoms with Gasteiger partial charge in [-0.05, 0) is 11.5 Å². The Hall–Kier alpha value is -1.70. The molecule has 1 rings (SSSR count). The highest BCUT2D eigenvalue weighted by atomic mass is 32.2. The lowest BCUT2D eigenvalue weighted by atomic mass is 10.0. The number of hydrogen-bond donors (Lipinski definition) is 2. The van der Waals surface area contributed by atoms with Crippen LogP contribution in [-0.2, 0) is 10.0 Å². The number of halogens is 2. The smallest absolute Gasteiger partial charge is 0.338 e. The standard InChI is InChI=1S/C12H15F2NO4S/c1-12(2,3)6-20(18,19)15-10-4-7(11(16)17)8(13)5-9(10)14/h4-5,15H,6H2,1-3H3,(H,16,17). The second-order valence-corrected chi connectivity index (χ2v) is 7.26. The number of carboxylic acids is 1. The second-order valence-electron chi connectivity index (χ2n) is 5.54. The molecule has 5 nitrogen and oxygen atoms in total. The molecular weight excluding hydrogens is 292 g/mol. The minimum atomic E-state index is -3.88. The average molecular weight is 307 g/mol. The lowest BCUT2D eigenvalue weighted by Crippen LogP contribution is -2.26. The fraction of sp³-hybridized carbons (Fsp3) is 0.417. The molecule has 0 spiro atoms. The summed E-state index contributed by atoms with van der Waals surface area (Å²) >= 11 is 0. The number of rotatable bonds is 4. The van der Waals surface area contributed by atoms with E-state index in [9.17, 15) is 22.0 Å². The Labute approximate surface area is 115 Å². The zero-order valence-electron chi connectivity index (χ0n) is 11.2. The van der Waals surface area contributed by atoms with Crippen molar-refractivity contribution in [3.63, 3.8) is 0 Å². The number of carboxylic acid groups (broad SMARTS) is 1. The molecule has 8 heteroatoms. The van der Waals surface area contributed by atoms with Gasteiger partial charge in [-0.2, -0.15) is 0 Å². The molecule has 0 aliphatic carbocycles. The fourth-order valence-electron chi connectivity index (χ4n) is 1.56. The maximum atomic E-state index is 13.5. The molecule has 0 saturated carbocycles. The van der Waals surface area contributed by atoms with Gasteiger partial charge in [0.2, 0.25) is 10.0 Å². The van der Waals surface area contributed by atoms with Crippen LogP contribution in [0.5, 0.6) is 0 Å². The molecule has 2 N–H and O–H groups in total. The molecule has 1 aromatic carbocycles. The molecule has 112 valence electrons. The van der Waals surface area contributed by atoms with Crippen LogP contribution in [0.1, 0.15) is 31.1 Å². The first-order chi connectivity index (χ1) is 8.91. The van der Waals surface area contributed by atoms with Crippen molar-refractivity contribution in [2.45, 2.75) is 20.8 Å². The van der Waals surface area contributed by atoms with Gasteiger partial charge >= 0.3 is 5.97 Å². The Morgan fingerprint density at radius 2 is 1.80 bits per heavy atom. The second kappa shape index (κ2) is 5.35. The predicted molar refractivity (Wildman–Crippen MR) is 70.2 cm³/mol. The largest absolute Gasteiger partial charge is 0.478 e. The third kappa shape index (κ3) is 4.44. The normalized spacial score (nSPS) is 12.2. The van der Waals surface area contributed by atoms with Gasteiger partial charge in [-0.15, -0.1) is 0 Å². The van der Waals surface area contributed by atoms with Crippen molar-refractivity contribution in [1.82, 2.24) is 0 Å². The van der Waals surface area contributed by atoms with Gasteiger partial charge in [0.25, 0.3) is 0 Å². The first-order valence-corrected chi connectivity index (χ1v) is 7.29. The number of sulfonamides is 1. The van der Waals surface area contributed by atoms with Gasteiger partial charge in [0.15, 0.2) is 0 Å². The van der Waals surface area contributed by atoms with Crippen LogP contribution < -0.4 is 4.72 Å². The topological polar surface area (TPSA) is 83.5 Å². The van der Waals surface area contributed by atoms with E-state index in [4.69, 9.17) is 5.11 Å². The molecule has 20 heavy (non-hydrogen) atoms. The highest BCUT2D eigenvalue weighted by Crippen LogP contribution is 2.23. The van der Waals surface area contributed by atoms with Crippen LogP contribution in [0.25, 0.3) is 0 Å². The van der Waals surface area contributed by atoms with Gasteiger partial charge in [-0.25, -0.2) is 22.0 Å². The molecule has 0 atom stereocenters. The van der Waals surface area contributed by atoms with E-state index in [-0.39, 0.29) is 5.75 Å². The molecule has 0 saturated heterocycles. The van der Waals surface area contributed by atoms with Crippen LogP contribution in [-0.4, -0.2) is 25.2 Å². The van der Waals surface area contributed by atoms with Crippen molar-refractivity contribution in [3.05, 3.63) is 29.3 Å². The molecule has 1 aromatic rings. The quantitative estimate of drug-likeness (QED) is 0.895. The summed E-state index contributed by atoms with van der Waals surface area (Å²) in [6, 6.07) is 0.950. The number of anilines is 1. The van der Waals surface area contributed by atoms with E-state index in [1.807, 2.05) is 4.72 Å². The average Bonchev–Trinajstić information content (AvgIpc) is 2.17. The van der Waals surface area contributed by atoms with E-state index in [1.165, 1.54) is 0 Å². The molecule has 0 aromatic heterocycles. The Kier molecular flexibility index (Phi) is 4.38. The van der Waals surface area contributed by atoms with E-state index >= 15 is 0 Å². The molecule has 0 radical (unpaired) electrons. The number of carbonyl (C=O) groups is 1. The number of benzene rings is 1. The third-order valence-corrected chi connectivity index (χ3v) is 3.95. The van der Waals surface area contributed by atoms with Crippen LogP contribution in [0.4, 0.5) is 14.5 Å². The number of aromatic carboxylic acids is 1. The van der Waals surface area contributed by atoms with Crippen LogP contribution in [0, 0.1) is 17.0 Å². The van der Waals surface area contributed by atoms with E-state index in [1.54, 1.807) is 20.8 Å². The van der Waals surface area contributed by atoms with E-state index in [2.05, 4.69) is 0 Å². The predicted octanol–water partition coefficient (Wildman–Crippen LogP) is 2.45. The zero-order valence-corrected chi connectivity index (χ0v) is 12.0. The molecule has 0 aliphatic heterocycles. The minimum Gasteiger partial charge on any atom is -0.478 e. The molecule has 0 unspecified atom stereocenters. The molecule has 0 bridgehead atoms. The van der Waals surface area contributed by atoms with Gasteiger partial charge in [0, 0.05) is 6.07 Å². The van der Waals surface area contributed by atoms with Crippen LogP contribution >= 0.6 is 0 Å². The van der Waals surface area contributed by atoms with Crippen molar-refractivity contribution in [2.75, 3.05) is 10.5 Å². The van der Waals surface area contributed by atoms with Crippen LogP contribution in [0.3, 0.4) is 0 Å². The van der Waals surface area contributed by atoms with Crippen LogP contribution in [0.2, 0.25) is 0 Å². The Morgan fingerprint density at radius 1 is 1.25 bits per heavy atom. The zero-order chi connectivity index (χ0) is 15.7. The highest BCUT2D eigenvalue weighted by Gasteiger charge is 2.24. The highest BCUT2D eigenvalue weighted by molar-refractivity contribution is 7.92. The van der Waals surface area contributed by atoms with Crippen molar-refractivity contribution in [1.29, 1.82) is 0 Å². The maximum absolute atomic E-state index is 13.5. The van der Waals surface area contributed by atoms with Gasteiger partial charge in [0.1, 0.15) is 11.6 Å². The summed E-state index contributed by atoms with van der Waals surface area (Å²) in [6.45, 7) is 5.03. The lowest BCUT2D eigenvalue weighted by Gasteiger charge is -2.19. The summed E-state index contributed by atoms with van der Waals surface area (Å²) < 4.78 is 52.2. The summed E-state index contributed by atoms with van der Waals surface area (Å²) in [7, 11) is -3.88. The summed E-state index contributed by atoms with van der Waals surface area (Å²) in [5.74, 6) is -4.35. The summed E-state index contributed by atoms with van der Waals surface area (Å²) in [5, 5.41) is 8.73. The monoisotopic (exact) mass is 307 g/mol. The van der Waals surface area contributed by atoms with Crippen molar-refractivity contribution in [3.8, 4) is 0 Å². The minimum absolute atomic E-state index is 0.292. The van der Waals surface area contributed by atoms with Gasteiger partial charge in [-0.3, -0.25) is 4.72 Å². The summed E-state index contributed by atoms with van der Waals surface area (Å²) in [4.78, 5) is 10.7. The molecule has 0 aliphatic rings. The Balaban J connectivity index is 3.16. The first-order valence-electron chi connectivity index (χ1n) is 5.64. The number of nitrogens with one attached hydrogen (secondary N) is 1. The van der Waals surface area contributed by atoms with Crippen molar-refractivity contribution >= 4 is 21.7 Å². The van der Waals surface area contributed by atoms with Gasteiger partial charge in [-0.1, -0.05) is 20.8 Å². The third-order valence-electron chi connectivity index (χ3n) is 2.18. The van der Waals surface area contributed by atoms with Crippen LogP contribution in [0.15, 0.2) is 12.1 Å². The summed E-state index contributed by atoms with van der Waals surface area (Å²) in [5.41, 5.74) is -1.97. The van der Waals surface area contributed by atoms with Gasteiger partial charge < -0.3 is 5.11 Å². The maximum Gasteiger partial charge on any atom is 0.338 e. The molecular formula is C12H15F2NO4S. The lowest BCUT2D eigenvalue weighted by molar-refractivity contribution is 0.0692. The number of hydrogen-bond acceptors (Lipinski definition) is 3. The van der Waals surface area contributed by atoms with Crippen molar-refractivity contribution in [2.24, 2.45) is 5.41 Å². The summed E-state index contributed by atoms with van der Waals surface area (Å²) in [6.07, 6.45) is 0. The van der Waals surface area contributed by atoms with E-state index < -0.39 is 44.3 Å². The molecule has 0 heterocycles. The van der Waals surface area contributed by atoms with E-state index in [0.717, 1.165) is 0 Å². The Morgan fingerprint density at radius 3 is 2.25 bits per heavy atom. The fourth-order valence-corrected chi connectivity index (χ4v) is 3.27. The van der Waals surface area contributed by atoms with E-state index in [0.29, 0.717) is 12.1 Å².